The number of hydrogen-bond acceptors (Lipinski definition) is 5. The van der Waals surface area contributed by atoms with E-state index in [1.807, 2.05) is 12.1 Å². The number of guanidine groups is 1. The van der Waals surface area contributed by atoms with Gasteiger partial charge in [0.1, 0.15) is 0 Å². The molecule has 2 heterocycles. The number of likely N-dealkylation sites (tertiary alicyclic amines) is 1. The molecule has 9 heteroatoms. The molecule has 0 bridgehead atoms. The lowest BCUT2D eigenvalue weighted by atomic mass is 10.1. The summed E-state index contributed by atoms with van der Waals surface area (Å²) in [4.78, 5) is 11.2. The van der Waals surface area contributed by atoms with E-state index in [0.29, 0.717) is 41.3 Å². The maximum Gasteiger partial charge on any atom is 0.246 e. The molecule has 2 unspecified atom stereocenters. The minimum atomic E-state index is 0. The minimum Gasteiger partial charge on any atom is -0.352 e. The van der Waals surface area contributed by atoms with Crippen molar-refractivity contribution in [3.05, 3.63) is 35.2 Å². The van der Waals surface area contributed by atoms with Gasteiger partial charge in [0.2, 0.25) is 11.7 Å². The van der Waals surface area contributed by atoms with Crippen molar-refractivity contribution in [2.45, 2.75) is 39.4 Å². The van der Waals surface area contributed by atoms with Gasteiger partial charge in [-0.2, -0.15) is 4.98 Å². The molecule has 28 heavy (non-hydrogen) atoms. The van der Waals surface area contributed by atoms with E-state index in [1.54, 1.807) is 19.2 Å². The molecule has 0 radical (unpaired) electrons. The Balaban J connectivity index is 0.00000280. The van der Waals surface area contributed by atoms with Crippen LogP contribution >= 0.6 is 35.6 Å². The fourth-order valence-corrected chi connectivity index (χ4v) is 3.31. The predicted octanol–water partition coefficient (Wildman–Crippen LogP) is 3.40. The Morgan fingerprint density at radius 1 is 1.32 bits per heavy atom. The number of halogens is 2. The largest absolute Gasteiger partial charge is 0.352 e. The van der Waals surface area contributed by atoms with Crippen LogP contribution in [0.25, 0.3) is 11.4 Å². The average Bonchev–Trinajstić information content (AvgIpc) is 3.26. The van der Waals surface area contributed by atoms with Crippen LogP contribution in [0.5, 0.6) is 0 Å². The smallest absolute Gasteiger partial charge is 0.246 e. The van der Waals surface area contributed by atoms with Gasteiger partial charge in [-0.1, -0.05) is 23.7 Å². The van der Waals surface area contributed by atoms with Gasteiger partial charge in [-0.15, -0.1) is 24.0 Å². The Hall–Kier alpha value is -1.39. The maximum atomic E-state index is 5.91. The summed E-state index contributed by atoms with van der Waals surface area (Å²) >= 11 is 5.91. The zero-order valence-electron chi connectivity index (χ0n) is 16.6. The number of rotatable bonds is 5. The first-order valence-corrected chi connectivity index (χ1v) is 9.63. The van der Waals surface area contributed by atoms with Crippen LogP contribution in [0.15, 0.2) is 33.8 Å². The summed E-state index contributed by atoms with van der Waals surface area (Å²) in [6.07, 6.45) is 0. The molecule has 2 atom stereocenters. The summed E-state index contributed by atoms with van der Waals surface area (Å²) in [5.74, 6) is 2.35. The summed E-state index contributed by atoms with van der Waals surface area (Å²) in [5.41, 5.74) is 0.866. The zero-order valence-corrected chi connectivity index (χ0v) is 19.7. The fourth-order valence-electron chi connectivity index (χ4n) is 3.19. The average molecular weight is 519 g/mol. The van der Waals surface area contributed by atoms with Gasteiger partial charge in [0, 0.05) is 42.8 Å². The first-order valence-electron chi connectivity index (χ1n) is 9.26. The van der Waals surface area contributed by atoms with Crippen molar-refractivity contribution in [3.8, 4) is 11.4 Å². The van der Waals surface area contributed by atoms with Crippen molar-refractivity contribution in [1.29, 1.82) is 0 Å². The highest BCUT2D eigenvalue weighted by atomic mass is 127. The predicted molar refractivity (Wildman–Crippen MR) is 123 cm³/mol. The Morgan fingerprint density at radius 2 is 2.04 bits per heavy atom. The Bertz CT molecular complexity index is 779. The topological polar surface area (TPSA) is 78.6 Å². The van der Waals surface area contributed by atoms with Gasteiger partial charge in [0.25, 0.3) is 0 Å². The van der Waals surface area contributed by atoms with Gasteiger partial charge in [0.15, 0.2) is 5.96 Å². The number of nitrogens with one attached hydrogen (secondary N) is 2. The van der Waals surface area contributed by atoms with Gasteiger partial charge in [-0.05, 0) is 44.0 Å². The molecule has 3 rings (SSSR count). The van der Waals surface area contributed by atoms with Crippen molar-refractivity contribution < 1.29 is 4.52 Å². The first kappa shape index (κ1) is 22.9. The highest BCUT2D eigenvalue weighted by Gasteiger charge is 2.31. The lowest BCUT2D eigenvalue weighted by Gasteiger charge is -2.21. The molecule has 2 N–H and O–H groups in total. The van der Waals surface area contributed by atoms with E-state index < -0.39 is 0 Å². The van der Waals surface area contributed by atoms with Crippen molar-refractivity contribution in [2.24, 2.45) is 10.9 Å². The highest BCUT2D eigenvalue weighted by molar-refractivity contribution is 14.0. The van der Waals surface area contributed by atoms with Gasteiger partial charge in [0.05, 0.1) is 6.54 Å². The van der Waals surface area contributed by atoms with Crippen LogP contribution in [0, 0.1) is 5.92 Å². The maximum absolute atomic E-state index is 5.91. The molecular weight excluding hydrogens is 491 g/mol. The first-order chi connectivity index (χ1) is 13.0. The van der Waals surface area contributed by atoms with E-state index in [0.717, 1.165) is 24.6 Å². The molecule has 0 amide bonds. The summed E-state index contributed by atoms with van der Waals surface area (Å²) < 4.78 is 5.34. The lowest BCUT2D eigenvalue weighted by Crippen LogP contribution is -2.46. The van der Waals surface area contributed by atoms with E-state index in [-0.39, 0.29) is 24.0 Å². The molecular formula is C19H28ClIN6O. The van der Waals surface area contributed by atoms with E-state index in [9.17, 15) is 0 Å². The second-order valence-electron chi connectivity index (χ2n) is 7.22. The zero-order chi connectivity index (χ0) is 19.4. The standard InChI is InChI=1S/C19H27ClN6O.HI/c1-12(2)26-10-13(3)16(11-26)23-19(21-4)22-9-17-24-18(25-27-17)14-5-7-15(20)8-6-14;/h5-8,12-13,16H,9-11H2,1-4H3,(H2,21,22,23);1H. The normalized spacial score (nSPS) is 20.3. The molecule has 0 saturated carbocycles. The van der Waals surface area contributed by atoms with E-state index >= 15 is 0 Å². The highest BCUT2D eigenvalue weighted by Crippen LogP contribution is 2.19. The van der Waals surface area contributed by atoms with Crippen LogP contribution < -0.4 is 10.6 Å². The molecule has 154 valence electrons. The van der Waals surface area contributed by atoms with E-state index in [2.05, 4.69) is 51.4 Å². The number of nitrogens with zero attached hydrogens (tertiary/aromatic N) is 4. The monoisotopic (exact) mass is 518 g/mol. The Morgan fingerprint density at radius 3 is 2.64 bits per heavy atom. The van der Waals surface area contributed by atoms with Gasteiger partial charge in [-0.3, -0.25) is 9.89 Å². The molecule has 1 aliphatic rings. The number of hydrogen-bond donors (Lipinski definition) is 2. The van der Waals surface area contributed by atoms with Crippen molar-refractivity contribution >= 4 is 41.5 Å². The molecule has 0 aliphatic carbocycles. The van der Waals surface area contributed by atoms with Crippen molar-refractivity contribution in [3.63, 3.8) is 0 Å². The third-order valence-electron chi connectivity index (χ3n) is 4.89. The van der Waals surface area contributed by atoms with E-state index in [4.69, 9.17) is 16.1 Å². The molecule has 1 saturated heterocycles. The van der Waals surface area contributed by atoms with Crippen LogP contribution in [0.2, 0.25) is 5.02 Å². The van der Waals surface area contributed by atoms with Crippen LogP contribution in [-0.4, -0.2) is 53.2 Å². The summed E-state index contributed by atoms with van der Waals surface area (Å²) in [7, 11) is 1.77. The van der Waals surface area contributed by atoms with Crippen LogP contribution in [-0.2, 0) is 6.54 Å². The van der Waals surface area contributed by atoms with E-state index in [1.165, 1.54) is 0 Å². The molecule has 2 aromatic rings. The molecule has 1 fully saturated rings. The Kier molecular flexibility index (Phi) is 8.51. The third-order valence-corrected chi connectivity index (χ3v) is 5.15. The van der Waals surface area contributed by atoms with Crippen LogP contribution in [0.1, 0.15) is 26.7 Å². The van der Waals surface area contributed by atoms with Gasteiger partial charge >= 0.3 is 0 Å². The van der Waals surface area contributed by atoms with Gasteiger partial charge in [-0.25, -0.2) is 0 Å². The SMILES string of the molecule is CN=C(NCc1nc(-c2ccc(Cl)cc2)no1)NC1CN(C(C)C)CC1C.I. The minimum absolute atomic E-state index is 0. The van der Waals surface area contributed by atoms with Crippen LogP contribution in [0.3, 0.4) is 0 Å². The van der Waals surface area contributed by atoms with Crippen molar-refractivity contribution in [1.82, 2.24) is 25.7 Å². The molecule has 7 nitrogen and oxygen atoms in total. The lowest BCUT2D eigenvalue weighted by molar-refractivity contribution is 0.265. The van der Waals surface area contributed by atoms with Crippen LogP contribution in [0.4, 0.5) is 0 Å². The fraction of sp³-hybridized carbons (Fsp3) is 0.526. The summed E-state index contributed by atoms with van der Waals surface area (Å²) in [5, 5.41) is 11.5. The quantitative estimate of drug-likeness (QED) is 0.359. The summed E-state index contributed by atoms with van der Waals surface area (Å²) in [6, 6.07) is 8.27. The van der Waals surface area contributed by atoms with Crippen molar-refractivity contribution in [2.75, 3.05) is 20.1 Å². The third kappa shape index (κ3) is 5.81. The molecule has 0 spiro atoms. The summed E-state index contributed by atoms with van der Waals surface area (Å²) in [6.45, 7) is 9.26. The second kappa shape index (κ2) is 10.4. The number of aromatic nitrogens is 2. The number of aliphatic imine (C=N–C) groups is 1. The van der Waals surface area contributed by atoms with Gasteiger partial charge < -0.3 is 15.2 Å². The number of benzene rings is 1. The Labute approximate surface area is 188 Å². The molecule has 1 aromatic carbocycles. The second-order valence-corrected chi connectivity index (χ2v) is 7.66. The molecule has 1 aromatic heterocycles. The molecule has 1 aliphatic heterocycles.